The summed E-state index contributed by atoms with van der Waals surface area (Å²) in [5, 5.41) is 0.319. The van der Waals surface area contributed by atoms with E-state index in [2.05, 4.69) is 4.98 Å². The van der Waals surface area contributed by atoms with Crippen molar-refractivity contribution in [2.24, 2.45) is 5.92 Å². The van der Waals surface area contributed by atoms with Gasteiger partial charge in [0.25, 0.3) is 5.91 Å². The topological polar surface area (TPSA) is 85.8 Å². The van der Waals surface area contributed by atoms with E-state index in [9.17, 15) is 18.8 Å². The summed E-state index contributed by atoms with van der Waals surface area (Å²) in [6.07, 6.45) is 0.0388. The lowest BCUT2D eigenvalue weighted by Gasteiger charge is -2.36. The van der Waals surface area contributed by atoms with Crippen LogP contribution in [-0.4, -0.2) is 41.3 Å². The number of fused-ring (bicyclic) bond motifs is 1. The first-order chi connectivity index (χ1) is 16.8. The van der Waals surface area contributed by atoms with Crippen LogP contribution in [0, 0.1) is 12.8 Å². The lowest BCUT2D eigenvalue weighted by Crippen LogP contribution is -2.42. The molecule has 0 N–H and O–H groups in total. The van der Waals surface area contributed by atoms with Gasteiger partial charge < -0.3 is 9.47 Å². The fourth-order valence-electron chi connectivity index (χ4n) is 5.13. The molecule has 4 unspecified atom stereocenters. The Morgan fingerprint density at radius 3 is 2.83 bits per heavy atom. The van der Waals surface area contributed by atoms with Crippen LogP contribution in [0.25, 0.3) is 0 Å². The van der Waals surface area contributed by atoms with Gasteiger partial charge in [0.1, 0.15) is 18.0 Å². The molecule has 1 aromatic heterocycles. The van der Waals surface area contributed by atoms with E-state index in [4.69, 9.17) is 9.47 Å². The molecular weight excluding hydrogens is 471 g/mol. The third-order valence-corrected chi connectivity index (χ3v) is 8.00. The number of Topliss-reactive ketones (excluding diaryl/α,β-unsaturated/α-hetero) is 2. The second kappa shape index (κ2) is 9.18. The average molecular weight is 499 g/mol. The van der Waals surface area contributed by atoms with Crippen molar-refractivity contribution in [2.45, 2.75) is 64.8 Å². The number of nitrogens with zero attached hydrogens (tertiary/aromatic N) is 2. The van der Waals surface area contributed by atoms with Crippen LogP contribution in [0.5, 0.6) is 5.75 Å². The van der Waals surface area contributed by atoms with E-state index in [0.717, 1.165) is 17.8 Å². The first kappa shape index (κ1) is 23.7. The third kappa shape index (κ3) is 4.05. The molecule has 1 amide bonds. The molecule has 35 heavy (non-hydrogen) atoms. The molecule has 4 atom stereocenters. The van der Waals surface area contributed by atoms with Gasteiger partial charge >= 0.3 is 0 Å². The summed E-state index contributed by atoms with van der Waals surface area (Å²) in [4.78, 5) is 46.0. The van der Waals surface area contributed by atoms with Crippen LogP contribution in [0.15, 0.2) is 35.6 Å². The monoisotopic (exact) mass is 498 g/mol. The zero-order chi connectivity index (χ0) is 24.9. The molecule has 184 valence electrons. The highest BCUT2D eigenvalue weighted by molar-refractivity contribution is 7.17. The summed E-state index contributed by atoms with van der Waals surface area (Å²) in [5.41, 5.74) is 1.42. The molecule has 0 radical (unpaired) electrons. The van der Waals surface area contributed by atoms with Gasteiger partial charge in [-0.3, -0.25) is 19.3 Å². The number of hydrogen-bond acceptors (Lipinski definition) is 7. The minimum absolute atomic E-state index is 0.00988. The number of anilines is 1. The number of carbonyl (C=O) groups is 3. The van der Waals surface area contributed by atoms with Gasteiger partial charge in [-0.25, -0.2) is 9.37 Å². The molecule has 0 spiro atoms. The number of alkyl halides is 1. The molecule has 1 aliphatic carbocycles. The van der Waals surface area contributed by atoms with E-state index in [-0.39, 0.29) is 29.3 Å². The van der Waals surface area contributed by atoms with Gasteiger partial charge in [0.2, 0.25) is 0 Å². The molecule has 0 bridgehead atoms. The van der Waals surface area contributed by atoms with Gasteiger partial charge in [0.15, 0.2) is 22.5 Å². The van der Waals surface area contributed by atoms with E-state index in [1.807, 2.05) is 25.1 Å². The predicted octanol–water partition coefficient (Wildman–Crippen LogP) is 4.89. The van der Waals surface area contributed by atoms with E-state index in [0.29, 0.717) is 46.5 Å². The van der Waals surface area contributed by atoms with Crippen LogP contribution in [0.3, 0.4) is 0 Å². The first-order valence-corrected chi connectivity index (χ1v) is 12.8. The quantitative estimate of drug-likeness (QED) is 0.527. The lowest BCUT2D eigenvalue weighted by molar-refractivity contribution is -0.133. The van der Waals surface area contributed by atoms with Crippen molar-refractivity contribution in [1.29, 1.82) is 0 Å². The van der Waals surface area contributed by atoms with Crippen molar-refractivity contribution in [3.05, 3.63) is 51.7 Å². The Morgan fingerprint density at radius 2 is 2.11 bits per heavy atom. The fraction of sp³-hybridized carbons (Fsp3) is 0.462. The van der Waals surface area contributed by atoms with Crippen molar-refractivity contribution >= 4 is 33.9 Å². The predicted molar refractivity (Wildman–Crippen MR) is 128 cm³/mol. The standard InChI is InChI=1S/C26H27FN2O5S/c1-4-10-33-17-7-5-6-15(11-17)21-20-22(31)18-12-16(27)8-9-19(18)34-23(20)25(32)29(21)26-28-13(2)24(35-26)14(3)30/h5-7,11,16,18-19,21H,4,8-10,12H2,1-3H3. The highest BCUT2D eigenvalue weighted by atomic mass is 32.1. The zero-order valence-electron chi connectivity index (χ0n) is 19.9. The van der Waals surface area contributed by atoms with Gasteiger partial charge in [-0.15, -0.1) is 0 Å². The van der Waals surface area contributed by atoms with Crippen molar-refractivity contribution in [1.82, 2.24) is 4.98 Å². The van der Waals surface area contributed by atoms with Crippen LogP contribution < -0.4 is 9.64 Å². The summed E-state index contributed by atoms with van der Waals surface area (Å²) in [6.45, 7) is 5.71. The Morgan fingerprint density at radius 1 is 1.31 bits per heavy atom. The molecular formula is C26H27FN2O5S. The number of aryl methyl sites for hydroxylation is 1. The Labute approximate surface area is 206 Å². The molecule has 1 fully saturated rings. The van der Waals surface area contributed by atoms with Crippen molar-refractivity contribution in [3.63, 3.8) is 0 Å². The molecule has 3 aliphatic rings. The van der Waals surface area contributed by atoms with Crippen LogP contribution in [0.4, 0.5) is 9.52 Å². The zero-order valence-corrected chi connectivity index (χ0v) is 20.7. The molecule has 2 aromatic rings. The summed E-state index contributed by atoms with van der Waals surface area (Å²) in [5.74, 6) is -0.861. The van der Waals surface area contributed by atoms with E-state index in [1.54, 1.807) is 13.0 Å². The molecule has 0 saturated heterocycles. The molecule has 9 heteroatoms. The molecule has 3 heterocycles. The number of rotatable bonds is 6. The van der Waals surface area contributed by atoms with Gasteiger partial charge in [0, 0.05) is 6.92 Å². The summed E-state index contributed by atoms with van der Waals surface area (Å²) in [6, 6.07) is 6.46. The van der Waals surface area contributed by atoms with Crippen LogP contribution >= 0.6 is 11.3 Å². The van der Waals surface area contributed by atoms with Crippen molar-refractivity contribution in [2.75, 3.05) is 11.5 Å². The maximum atomic E-state index is 14.2. The largest absolute Gasteiger partial charge is 0.494 e. The number of aromatic nitrogens is 1. The maximum Gasteiger partial charge on any atom is 0.296 e. The van der Waals surface area contributed by atoms with E-state index >= 15 is 0 Å². The number of ketones is 2. The van der Waals surface area contributed by atoms with Gasteiger partial charge in [-0.05, 0) is 50.3 Å². The number of thiazole rings is 1. The molecule has 1 saturated carbocycles. The minimum atomic E-state index is -1.07. The highest BCUT2D eigenvalue weighted by Crippen LogP contribution is 2.49. The summed E-state index contributed by atoms with van der Waals surface area (Å²) < 4.78 is 26.2. The number of amides is 1. The second-order valence-corrected chi connectivity index (χ2v) is 10.2. The molecule has 7 nitrogen and oxygen atoms in total. The van der Waals surface area contributed by atoms with Crippen LogP contribution in [0.2, 0.25) is 0 Å². The van der Waals surface area contributed by atoms with E-state index in [1.165, 1.54) is 11.8 Å². The van der Waals surface area contributed by atoms with Gasteiger partial charge in [0.05, 0.1) is 34.7 Å². The van der Waals surface area contributed by atoms with Crippen LogP contribution in [-0.2, 0) is 14.3 Å². The van der Waals surface area contributed by atoms with E-state index < -0.39 is 30.1 Å². The Balaban J connectivity index is 1.63. The minimum Gasteiger partial charge on any atom is -0.494 e. The number of benzene rings is 1. The summed E-state index contributed by atoms with van der Waals surface area (Å²) in [7, 11) is 0. The smallest absolute Gasteiger partial charge is 0.296 e. The van der Waals surface area contributed by atoms with Gasteiger partial charge in [-0.1, -0.05) is 30.4 Å². The third-order valence-electron chi connectivity index (χ3n) is 6.74. The Kier molecular flexibility index (Phi) is 6.21. The first-order valence-electron chi connectivity index (χ1n) is 11.9. The van der Waals surface area contributed by atoms with Crippen LogP contribution in [0.1, 0.15) is 66.5 Å². The Bertz CT molecular complexity index is 1240. The molecule has 1 aromatic carbocycles. The number of ether oxygens (including phenoxy) is 2. The van der Waals surface area contributed by atoms with Crippen molar-refractivity contribution in [3.8, 4) is 5.75 Å². The molecule has 5 rings (SSSR count). The highest BCUT2D eigenvalue weighted by Gasteiger charge is 2.54. The Hall–Kier alpha value is -3.07. The number of hydrogen-bond donors (Lipinski definition) is 0. The second-order valence-electron chi connectivity index (χ2n) is 9.25. The maximum absolute atomic E-state index is 14.2. The van der Waals surface area contributed by atoms with Gasteiger partial charge in [-0.2, -0.15) is 0 Å². The lowest BCUT2D eigenvalue weighted by atomic mass is 9.77. The van der Waals surface area contributed by atoms with Crippen molar-refractivity contribution < 1.29 is 28.2 Å². The summed E-state index contributed by atoms with van der Waals surface area (Å²) >= 11 is 1.12. The fourth-order valence-corrected chi connectivity index (χ4v) is 6.12. The molecule has 2 aliphatic heterocycles. The number of halogens is 1. The normalized spacial score (nSPS) is 25.9. The SMILES string of the molecule is CCCOc1cccc(C2C3=C(OC4CCC(F)CC4C3=O)C(=O)N2c2nc(C)c(C(C)=O)s2)c1. The number of carbonyl (C=O) groups excluding carboxylic acids is 3. The average Bonchev–Trinajstić information content (AvgIpc) is 3.36.